The molecule has 1 atom stereocenters. The van der Waals surface area contributed by atoms with Crippen LogP contribution in [0, 0.1) is 0 Å². The molecule has 3 aromatic carbocycles. The molecule has 0 saturated heterocycles. The average molecular weight is 465 g/mol. The van der Waals surface area contributed by atoms with Gasteiger partial charge in [0.15, 0.2) is 17.3 Å². The fourth-order valence-corrected chi connectivity index (χ4v) is 4.27. The molecule has 0 amide bonds. The lowest BCUT2D eigenvalue weighted by molar-refractivity contribution is -0.135. The summed E-state index contributed by atoms with van der Waals surface area (Å²) in [6, 6.07) is 12.6. The fraction of sp³-hybridized carbons (Fsp3) is 0.120. The Balaban J connectivity index is 1.59. The van der Waals surface area contributed by atoms with E-state index < -0.39 is 11.9 Å². The summed E-state index contributed by atoms with van der Waals surface area (Å²) in [5.74, 6) is -0.384. The highest BCUT2D eigenvalue weighted by Gasteiger charge is 2.38. The number of carbonyl (C=O) groups excluding carboxylic acids is 2. The number of benzene rings is 3. The highest BCUT2D eigenvalue weighted by atomic mass is 35.5. The molecule has 2 N–H and O–H groups in total. The Kier molecular flexibility index (Phi) is 4.98. The Bertz CT molecular complexity index is 1360. The number of carbonyl (C=O) groups is 2. The zero-order valence-corrected chi connectivity index (χ0v) is 18.1. The molecule has 2 heterocycles. The van der Waals surface area contributed by atoms with Crippen LogP contribution in [0.1, 0.15) is 39.4 Å². The molecule has 0 fully saturated rings. The molecule has 0 bridgehead atoms. The second-order valence-electron chi connectivity index (χ2n) is 7.67. The molecule has 0 spiro atoms. The summed E-state index contributed by atoms with van der Waals surface area (Å²) in [5, 5.41) is 20.0. The Hall–Kier alpha value is -3.97. The zero-order valence-electron chi connectivity index (χ0n) is 17.3. The zero-order chi connectivity index (χ0) is 23.3. The third-order valence-corrected chi connectivity index (χ3v) is 5.96. The normalized spacial score (nSPS) is 17.9. The molecule has 7 nitrogen and oxygen atoms in total. The lowest BCUT2D eigenvalue weighted by Crippen LogP contribution is -2.21. The van der Waals surface area contributed by atoms with Crippen molar-refractivity contribution in [1.29, 1.82) is 0 Å². The van der Waals surface area contributed by atoms with Gasteiger partial charge >= 0.3 is 5.97 Å². The number of hydrogen-bond donors (Lipinski definition) is 2. The van der Waals surface area contributed by atoms with Gasteiger partial charge in [-0.1, -0.05) is 23.7 Å². The molecule has 2 aliphatic rings. The number of ketones is 1. The first-order chi connectivity index (χ1) is 15.9. The number of ether oxygens (including phenoxy) is 3. The number of halogens is 1. The van der Waals surface area contributed by atoms with E-state index in [-0.39, 0.29) is 34.5 Å². The van der Waals surface area contributed by atoms with Gasteiger partial charge in [-0.05, 0) is 53.6 Å². The third kappa shape index (κ3) is 3.56. The fourth-order valence-electron chi connectivity index (χ4n) is 4.08. The molecule has 33 heavy (non-hydrogen) atoms. The minimum absolute atomic E-state index is 0.0213. The molecule has 166 valence electrons. The monoisotopic (exact) mass is 464 g/mol. The second-order valence-corrected chi connectivity index (χ2v) is 8.07. The van der Waals surface area contributed by atoms with Crippen molar-refractivity contribution >= 4 is 29.4 Å². The number of rotatable bonds is 3. The number of fused-ring (bicyclic) bond motifs is 3. The van der Waals surface area contributed by atoms with E-state index in [1.807, 2.05) is 0 Å². The highest BCUT2D eigenvalue weighted by Crippen LogP contribution is 2.49. The standard InChI is InChI=1S/C25H17ClO7/c1-31-19-6-2-12(8-18(19)28)9-21-24(30)14-4-7-20-23(25(14)33-21)15(11-22(29)32-20)13-3-5-17(27)16(26)10-13/h2-10,15,27-28H,11H2,1H3/b21-9-/t15-/m1/s1. The number of hydrogen-bond acceptors (Lipinski definition) is 7. The van der Waals surface area contributed by atoms with Gasteiger partial charge in [0, 0.05) is 11.5 Å². The first-order valence-electron chi connectivity index (χ1n) is 10.0. The van der Waals surface area contributed by atoms with E-state index in [1.54, 1.807) is 36.4 Å². The van der Waals surface area contributed by atoms with Crippen molar-refractivity contribution in [2.75, 3.05) is 7.11 Å². The van der Waals surface area contributed by atoms with E-state index in [4.69, 9.17) is 25.8 Å². The predicted octanol–water partition coefficient (Wildman–Crippen LogP) is 4.82. The van der Waals surface area contributed by atoms with Crippen molar-refractivity contribution < 1.29 is 34.0 Å². The average Bonchev–Trinajstić information content (AvgIpc) is 3.10. The van der Waals surface area contributed by atoms with Crippen LogP contribution in [0.3, 0.4) is 0 Å². The van der Waals surface area contributed by atoms with E-state index in [0.717, 1.165) is 0 Å². The Morgan fingerprint density at radius 1 is 1.03 bits per heavy atom. The van der Waals surface area contributed by atoms with Gasteiger partial charge in [-0.25, -0.2) is 0 Å². The molecule has 3 aromatic rings. The Morgan fingerprint density at radius 3 is 2.58 bits per heavy atom. The van der Waals surface area contributed by atoms with E-state index in [9.17, 15) is 19.8 Å². The lowest BCUT2D eigenvalue weighted by Gasteiger charge is -2.26. The molecule has 8 heteroatoms. The van der Waals surface area contributed by atoms with Crippen LogP contribution in [0.25, 0.3) is 6.08 Å². The summed E-state index contributed by atoms with van der Waals surface area (Å²) in [6.45, 7) is 0. The number of allylic oxidation sites excluding steroid dienone is 1. The predicted molar refractivity (Wildman–Crippen MR) is 119 cm³/mol. The topological polar surface area (TPSA) is 102 Å². The van der Waals surface area contributed by atoms with Crippen molar-refractivity contribution in [2.24, 2.45) is 0 Å². The maximum atomic E-state index is 13.1. The van der Waals surface area contributed by atoms with Crippen LogP contribution in [0.5, 0.6) is 28.7 Å². The number of phenolic OH excluding ortho intramolecular Hbond substituents is 2. The van der Waals surface area contributed by atoms with Gasteiger partial charge in [0.25, 0.3) is 0 Å². The van der Waals surface area contributed by atoms with Gasteiger partial charge in [-0.15, -0.1) is 0 Å². The van der Waals surface area contributed by atoms with Gasteiger partial charge in [-0.3, -0.25) is 9.59 Å². The van der Waals surface area contributed by atoms with Crippen LogP contribution in [-0.4, -0.2) is 29.1 Å². The number of esters is 1. The number of methoxy groups -OCH3 is 1. The number of aromatic hydroxyl groups is 2. The van der Waals surface area contributed by atoms with Crippen LogP contribution >= 0.6 is 11.6 Å². The summed E-state index contributed by atoms with van der Waals surface area (Å²) in [7, 11) is 1.45. The summed E-state index contributed by atoms with van der Waals surface area (Å²) in [5.41, 5.74) is 2.12. The van der Waals surface area contributed by atoms with Crippen LogP contribution < -0.4 is 14.2 Å². The van der Waals surface area contributed by atoms with Crippen LogP contribution in [0.2, 0.25) is 5.02 Å². The van der Waals surface area contributed by atoms with Crippen LogP contribution in [0.15, 0.2) is 54.3 Å². The largest absolute Gasteiger partial charge is 0.506 e. The second kappa shape index (κ2) is 7.86. The van der Waals surface area contributed by atoms with Gasteiger partial charge in [0.1, 0.15) is 17.2 Å². The molecule has 2 aliphatic heterocycles. The van der Waals surface area contributed by atoms with E-state index >= 15 is 0 Å². The minimum atomic E-state index is -0.480. The molecular weight excluding hydrogens is 448 g/mol. The van der Waals surface area contributed by atoms with Crippen molar-refractivity contribution in [2.45, 2.75) is 12.3 Å². The van der Waals surface area contributed by atoms with E-state index in [1.165, 1.54) is 25.3 Å². The quantitative estimate of drug-likeness (QED) is 0.325. The van der Waals surface area contributed by atoms with Gasteiger partial charge in [-0.2, -0.15) is 0 Å². The lowest BCUT2D eigenvalue weighted by atomic mass is 9.84. The molecule has 0 aliphatic carbocycles. The number of Topliss-reactive ketones (excluding diaryl/α,β-unsaturated/α-hetero) is 1. The Morgan fingerprint density at radius 2 is 1.85 bits per heavy atom. The SMILES string of the molecule is COc1ccc(/C=C2\Oc3c(ccc4c3[C@@H](c3ccc(O)c(Cl)c3)CC(=O)O4)C2=O)cc1O. The third-order valence-electron chi connectivity index (χ3n) is 5.65. The van der Waals surface area contributed by atoms with E-state index in [2.05, 4.69) is 0 Å². The van der Waals surface area contributed by atoms with Crippen LogP contribution in [0.4, 0.5) is 0 Å². The maximum absolute atomic E-state index is 13.1. The van der Waals surface area contributed by atoms with Gasteiger partial charge in [0.05, 0.1) is 24.1 Å². The molecular formula is C25H17ClO7. The summed E-state index contributed by atoms with van der Waals surface area (Å²) in [4.78, 5) is 25.3. The highest BCUT2D eigenvalue weighted by molar-refractivity contribution is 6.32. The van der Waals surface area contributed by atoms with Crippen molar-refractivity contribution in [3.63, 3.8) is 0 Å². The molecule has 0 radical (unpaired) electrons. The van der Waals surface area contributed by atoms with Gasteiger partial charge in [0.2, 0.25) is 5.78 Å². The minimum Gasteiger partial charge on any atom is -0.506 e. The maximum Gasteiger partial charge on any atom is 0.312 e. The van der Waals surface area contributed by atoms with Crippen molar-refractivity contribution in [3.8, 4) is 28.7 Å². The molecule has 0 unspecified atom stereocenters. The van der Waals surface area contributed by atoms with Crippen molar-refractivity contribution in [3.05, 3.63) is 81.6 Å². The van der Waals surface area contributed by atoms with Crippen LogP contribution in [-0.2, 0) is 4.79 Å². The van der Waals surface area contributed by atoms with E-state index in [0.29, 0.717) is 39.5 Å². The molecule has 5 rings (SSSR count). The molecule has 0 saturated carbocycles. The molecule has 0 aromatic heterocycles. The Labute approximate surface area is 193 Å². The van der Waals surface area contributed by atoms with Gasteiger partial charge < -0.3 is 24.4 Å². The summed E-state index contributed by atoms with van der Waals surface area (Å²) in [6.07, 6.45) is 1.54. The smallest absolute Gasteiger partial charge is 0.312 e. The summed E-state index contributed by atoms with van der Waals surface area (Å²) < 4.78 is 16.4. The first-order valence-corrected chi connectivity index (χ1v) is 10.4. The van der Waals surface area contributed by atoms with Crippen molar-refractivity contribution in [1.82, 2.24) is 0 Å². The number of phenols is 2. The summed E-state index contributed by atoms with van der Waals surface area (Å²) >= 11 is 6.09. The first kappa shape index (κ1) is 20.9.